The summed E-state index contributed by atoms with van der Waals surface area (Å²) < 4.78 is 11.4. The average Bonchev–Trinajstić information content (AvgIpc) is 2.69. The first-order valence-electron chi connectivity index (χ1n) is 9.02. The average molecular weight is 389 g/mol. The maximum absolute atomic E-state index is 13.0. The maximum Gasteiger partial charge on any atom is 0.266 e. The minimum Gasteiger partial charge on any atom is -0.495 e. The van der Waals surface area contributed by atoms with Crippen molar-refractivity contribution < 1.29 is 14.3 Å². The van der Waals surface area contributed by atoms with Crippen LogP contribution in [0, 0.1) is 0 Å². The van der Waals surface area contributed by atoms with Crippen LogP contribution in [0.4, 0.5) is 5.69 Å². The molecule has 2 aromatic rings. The molecule has 0 radical (unpaired) electrons. The summed E-state index contributed by atoms with van der Waals surface area (Å²) in [6.45, 7) is 6.40. The Morgan fingerprint density at radius 2 is 1.63 bits per heavy atom. The number of hydrogen-bond acceptors (Lipinski definition) is 4. The van der Waals surface area contributed by atoms with Crippen LogP contribution in [-0.4, -0.2) is 49.7 Å². The van der Waals surface area contributed by atoms with Gasteiger partial charge < -0.3 is 19.3 Å². The van der Waals surface area contributed by atoms with E-state index in [4.69, 9.17) is 21.1 Å². The Hall–Kier alpha value is -2.40. The van der Waals surface area contributed by atoms with Crippen LogP contribution in [0.2, 0.25) is 5.02 Å². The molecule has 0 aliphatic carbocycles. The molecular weight excluding hydrogens is 364 g/mol. The molecule has 27 heavy (non-hydrogen) atoms. The van der Waals surface area contributed by atoms with Crippen molar-refractivity contribution in [1.82, 2.24) is 4.90 Å². The van der Waals surface area contributed by atoms with Crippen LogP contribution in [0.3, 0.4) is 0 Å². The van der Waals surface area contributed by atoms with Crippen molar-refractivity contribution >= 4 is 23.2 Å². The lowest BCUT2D eigenvalue weighted by molar-refractivity contribution is -0.145. The Balaban J connectivity index is 1.62. The van der Waals surface area contributed by atoms with Gasteiger partial charge in [0, 0.05) is 31.2 Å². The first-order valence-corrected chi connectivity index (χ1v) is 9.40. The smallest absolute Gasteiger partial charge is 0.266 e. The number of halogens is 1. The van der Waals surface area contributed by atoms with Gasteiger partial charge >= 0.3 is 0 Å². The van der Waals surface area contributed by atoms with Gasteiger partial charge in [-0.1, -0.05) is 23.7 Å². The second kappa shape index (κ2) is 8.09. The van der Waals surface area contributed by atoms with Gasteiger partial charge in [0.1, 0.15) is 11.5 Å². The fourth-order valence-electron chi connectivity index (χ4n) is 3.26. The Kier molecular flexibility index (Phi) is 5.80. The van der Waals surface area contributed by atoms with E-state index < -0.39 is 5.60 Å². The molecule has 1 aliphatic rings. The number of piperazine rings is 1. The number of benzene rings is 2. The SMILES string of the molecule is COc1ccccc1N1CCN(C(=O)C(C)(C)Oc2ccc(Cl)cc2)CC1. The topological polar surface area (TPSA) is 42.0 Å². The number of amides is 1. The van der Waals surface area contributed by atoms with E-state index in [9.17, 15) is 4.79 Å². The maximum atomic E-state index is 13.0. The van der Waals surface area contributed by atoms with Gasteiger partial charge in [0.05, 0.1) is 12.8 Å². The minimum atomic E-state index is -0.944. The van der Waals surface area contributed by atoms with Crippen LogP contribution in [-0.2, 0) is 4.79 Å². The lowest BCUT2D eigenvalue weighted by Crippen LogP contribution is -2.55. The van der Waals surface area contributed by atoms with E-state index in [1.54, 1.807) is 45.2 Å². The van der Waals surface area contributed by atoms with Crippen molar-refractivity contribution in [2.24, 2.45) is 0 Å². The molecule has 144 valence electrons. The zero-order valence-corrected chi connectivity index (χ0v) is 16.7. The second-order valence-corrected chi connectivity index (χ2v) is 7.45. The van der Waals surface area contributed by atoms with Crippen LogP contribution in [0.15, 0.2) is 48.5 Å². The van der Waals surface area contributed by atoms with Crippen molar-refractivity contribution in [3.63, 3.8) is 0 Å². The minimum absolute atomic E-state index is 0.0165. The number of para-hydroxylation sites is 2. The highest BCUT2D eigenvalue weighted by Crippen LogP contribution is 2.29. The molecule has 0 bridgehead atoms. The molecule has 3 rings (SSSR count). The molecule has 0 unspecified atom stereocenters. The van der Waals surface area contributed by atoms with Gasteiger partial charge in [-0.05, 0) is 50.2 Å². The predicted molar refractivity (Wildman–Crippen MR) is 108 cm³/mol. The molecule has 0 saturated carbocycles. The second-order valence-electron chi connectivity index (χ2n) is 7.02. The van der Waals surface area contributed by atoms with Crippen molar-refractivity contribution in [1.29, 1.82) is 0 Å². The van der Waals surface area contributed by atoms with E-state index in [0.29, 0.717) is 23.9 Å². The largest absolute Gasteiger partial charge is 0.495 e. The molecule has 2 aromatic carbocycles. The standard InChI is InChI=1S/C21H25ClN2O3/c1-21(2,27-17-10-8-16(22)9-11-17)20(25)24-14-12-23(13-15-24)18-6-4-5-7-19(18)26-3/h4-11H,12-15H2,1-3H3. The zero-order chi connectivity index (χ0) is 19.4. The number of hydrogen-bond donors (Lipinski definition) is 0. The van der Waals surface area contributed by atoms with E-state index in [2.05, 4.69) is 4.90 Å². The highest BCUT2D eigenvalue weighted by molar-refractivity contribution is 6.30. The monoisotopic (exact) mass is 388 g/mol. The third kappa shape index (κ3) is 4.48. The molecule has 0 atom stereocenters. The van der Waals surface area contributed by atoms with E-state index in [1.165, 1.54) is 0 Å². The molecule has 1 aliphatic heterocycles. The Morgan fingerprint density at radius 1 is 1.00 bits per heavy atom. The molecule has 1 heterocycles. The van der Waals surface area contributed by atoms with Crippen molar-refractivity contribution in [2.45, 2.75) is 19.4 Å². The third-order valence-electron chi connectivity index (χ3n) is 4.69. The fraction of sp³-hybridized carbons (Fsp3) is 0.381. The van der Waals surface area contributed by atoms with E-state index in [1.807, 2.05) is 29.2 Å². The Labute approximate surface area is 165 Å². The van der Waals surface area contributed by atoms with E-state index in [0.717, 1.165) is 24.5 Å². The lowest BCUT2D eigenvalue weighted by Gasteiger charge is -2.39. The molecule has 0 spiro atoms. The third-order valence-corrected chi connectivity index (χ3v) is 4.95. The number of carbonyl (C=O) groups excluding carboxylic acids is 1. The normalized spacial score (nSPS) is 14.8. The van der Waals surface area contributed by atoms with Crippen molar-refractivity contribution in [3.8, 4) is 11.5 Å². The molecular formula is C21H25ClN2O3. The molecule has 1 saturated heterocycles. The Morgan fingerprint density at radius 3 is 2.26 bits per heavy atom. The summed E-state index contributed by atoms with van der Waals surface area (Å²) in [7, 11) is 1.68. The van der Waals surface area contributed by atoms with Gasteiger partial charge in [-0.2, -0.15) is 0 Å². The first kappa shape index (κ1) is 19.4. The number of carbonyl (C=O) groups is 1. The summed E-state index contributed by atoms with van der Waals surface area (Å²) in [5.74, 6) is 1.46. The summed E-state index contributed by atoms with van der Waals surface area (Å²) in [4.78, 5) is 17.1. The van der Waals surface area contributed by atoms with Crippen molar-refractivity contribution in [2.75, 3.05) is 38.2 Å². The van der Waals surface area contributed by atoms with Crippen LogP contribution in [0.25, 0.3) is 0 Å². The van der Waals surface area contributed by atoms with Crippen LogP contribution < -0.4 is 14.4 Å². The summed E-state index contributed by atoms with van der Waals surface area (Å²) in [6.07, 6.45) is 0. The number of anilines is 1. The Bertz CT molecular complexity index is 784. The first-order chi connectivity index (χ1) is 12.9. The van der Waals surface area contributed by atoms with Gasteiger partial charge in [-0.3, -0.25) is 4.79 Å². The quantitative estimate of drug-likeness (QED) is 0.780. The van der Waals surface area contributed by atoms with Gasteiger partial charge in [-0.15, -0.1) is 0 Å². The summed E-state index contributed by atoms with van der Waals surface area (Å²) in [5, 5.41) is 0.638. The van der Waals surface area contributed by atoms with Gasteiger partial charge in [-0.25, -0.2) is 0 Å². The molecule has 0 N–H and O–H groups in total. The fourth-order valence-corrected chi connectivity index (χ4v) is 3.39. The number of rotatable bonds is 5. The molecule has 0 aromatic heterocycles. The lowest BCUT2D eigenvalue weighted by atomic mass is 10.1. The van der Waals surface area contributed by atoms with E-state index >= 15 is 0 Å². The summed E-state index contributed by atoms with van der Waals surface area (Å²) >= 11 is 5.91. The van der Waals surface area contributed by atoms with Crippen molar-refractivity contribution in [3.05, 3.63) is 53.6 Å². The van der Waals surface area contributed by atoms with Crippen LogP contribution in [0.1, 0.15) is 13.8 Å². The van der Waals surface area contributed by atoms with Crippen LogP contribution >= 0.6 is 11.6 Å². The summed E-state index contributed by atoms with van der Waals surface area (Å²) in [5.41, 5.74) is 0.115. The number of ether oxygens (including phenoxy) is 2. The van der Waals surface area contributed by atoms with Crippen LogP contribution in [0.5, 0.6) is 11.5 Å². The van der Waals surface area contributed by atoms with Gasteiger partial charge in [0.15, 0.2) is 5.60 Å². The molecule has 1 amide bonds. The molecule has 1 fully saturated rings. The molecule has 6 heteroatoms. The van der Waals surface area contributed by atoms with E-state index in [-0.39, 0.29) is 5.91 Å². The number of nitrogens with zero attached hydrogens (tertiary/aromatic N) is 2. The summed E-state index contributed by atoms with van der Waals surface area (Å²) in [6, 6.07) is 15.0. The number of methoxy groups -OCH3 is 1. The highest BCUT2D eigenvalue weighted by Gasteiger charge is 2.36. The predicted octanol–water partition coefficient (Wildman–Crippen LogP) is 3.85. The molecule has 5 nitrogen and oxygen atoms in total. The highest BCUT2D eigenvalue weighted by atomic mass is 35.5. The van der Waals surface area contributed by atoms with Gasteiger partial charge in [0.2, 0.25) is 0 Å². The zero-order valence-electron chi connectivity index (χ0n) is 15.9. The van der Waals surface area contributed by atoms with Gasteiger partial charge in [0.25, 0.3) is 5.91 Å².